The fourth-order valence-corrected chi connectivity index (χ4v) is 4.39. The van der Waals surface area contributed by atoms with E-state index in [4.69, 9.17) is 9.26 Å². The molecule has 1 aliphatic heterocycles. The number of anilines is 1. The number of likely N-dealkylation sites (N-methyl/N-ethyl adjacent to an activating group) is 2. The van der Waals surface area contributed by atoms with E-state index in [2.05, 4.69) is 28.0 Å². The van der Waals surface area contributed by atoms with Gasteiger partial charge in [0.05, 0.1) is 41.1 Å². The van der Waals surface area contributed by atoms with Crippen molar-refractivity contribution in [1.29, 1.82) is 0 Å². The zero-order chi connectivity index (χ0) is 22.9. The number of carbonyl (C=O) groups is 1. The predicted molar refractivity (Wildman–Crippen MR) is 128 cm³/mol. The molecule has 0 saturated heterocycles. The minimum atomic E-state index is -0.136. The van der Waals surface area contributed by atoms with Crippen molar-refractivity contribution in [2.24, 2.45) is 0 Å². The Hall–Kier alpha value is -3.87. The summed E-state index contributed by atoms with van der Waals surface area (Å²) in [6.45, 7) is 6.01. The number of hydrogen-bond acceptors (Lipinski definition) is 6. The number of nitrogens with zero attached hydrogens (tertiary/aromatic N) is 4. The largest absolute Gasteiger partial charge is 0.485 e. The van der Waals surface area contributed by atoms with E-state index in [9.17, 15) is 4.79 Å². The van der Waals surface area contributed by atoms with E-state index in [1.165, 1.54) is 0 Å². The highest BCUT2D eigenvalue weighted by atomic mass is 16.5. The Morgan fingerprint density at radius 1 is 1.15 bits per heavy atom. The summed E-state index contributed by atoms with van der Waals surface area (Å²) >= 11 is 0. The van der Waals surface area contributed by atoms with Gasteiger partial charge in [0.15, 0.2) is 0 Å². The first kappa shape index (κ1) is 21.0. The Bertz CT molecular complexity index is 1300. The van der Waals surface area contributed by atoms with Crippen molar-refractivity contribution in [1.82, 2.24) is 15.0 Å². The number of carbonyl (C=O) groups excluding carboxylic acids is 1. The third-order valence-electron chi connectivity index (χ3n) is 6.05. The molecule has 0 bridgehead atoms. The summed E-state index contributed by atoms with van der Waals surface area (Å²) in [5, 5.41) is 4.70. The molecule has 33 heavy (non-hydrogen) atoms. The molecule has 0 aliphatic carbocycles. The summed E-state index contributed by atoms with van der Waals surface area (Å²) in [4.78, 5) is 22.2. The second kappa shape index (κ2) is 8.58. The van der Waals surface area contributed by atoms with Crippen LogP contribution in [0.5, 0.6) is 5.75 Å². The van der Waals surface area contributed by atoms with E-state index in [0.29, 0.717) is 34.6 Å². The number of rotatable bonds is 5. The van der Waals surface area contributed by atoms with Crippen molar-refractivity contribution in [3.05, 3.63) is 71.9 Å². The Kier molecular flexibility index (Phi) is 5.46. The molecule has 1 aliphatic rings. The quantitative estimate of drug-likeness (QED) is 0.451. The van der Waals surface area contributed by atoms with Gasteiger partial charge in [-0.3, -0.25) is 4.79 Å². The molecule has 0 spiro atoms. The van der Waals surface area contributed by atoms with Crippen LogP contribution in [0.15, 0.2) is 65.2 Å². The first-order valence-electron chi connectivity index (χ1n) is 11.1. The van der Waals surface area contributed by atoms with Crippen molar-refractivity contribution in [2.45, 2.75) is 20.0 Å². The molecule has 5 rings (SSSR count). The maximum absolute atomic E-state index is 13.6. The van der Waals surface area contributed by atoms with Crippen LogP contribution in [0, 0.1) is 6.92 Å². The Labute approximate surface area is 192 Å². The molecule has 1 atom stereocenters. The SMILES string of the molecule is CCN1CC(CN(C)C(=O)c2cc(-c3ccccc3)nc3onc(C)c23)Oc2ccccc21. The van der Waals surface area contributed by atoms with Gasteiger partial charge in [0.2, 0.25) is 0 Å². The molecule has 2 aromatic heterocycles. The summed E-state index contributed by atoms with van der Waals surface area (Å²) in [6.07, 6.45) is -0.136. The molecular weight excluding hydrogens is 416 g/mol. The molecule has 2 aromatic carbocycles. The van der Waals surface area contributed by atoms with Crippen molar-refractivity contribution in [3.63, 3.8) is 0 Å². The van der Waals surface area contributed by atoms with Crippen LogP contribution in [0.1, 0.15) is 23.0 Å². The van der Waals surface area contributed by atoms with Crippen LogP contribution in [-0.2, 0) is 0 Å². The van der Waals surface area contributed by atoms with Crippen LogP contribution < -0.4 is 9.64 Å². The van der Waals surface area contributed by atoms with Crippen LogP contribution >= 0.6 is 0 Å². The van der Waals surface area contributed by atoms with Crippen molar-refractivity contribution in [3.8, 4) is 17.0 Å². The number of fused-ring (bicyclic) bond motifs is 2. The minimum absolute atomic E-state index is 0.114. The molecular formula is C26H26N4O3. The predicted octanol–water partition coefficient (Wildman–Crippen LogP) is 4.56. The number of benzene rings is 2. The number of hydrogen-bond donors (Lipinski definition) is 0. The summed E-state index contributed by atoms with van der Waals surface area (Å²) in [7, 11) is 1.81. The van der Waals surface area contributed by atoms with E-state index in [1.54, 1.807) is 11.9 Å². The second-order valence-corrected chi connectivity index (χ2v) is 8.30. The zero-order valence-corrected chi connectivity index (χ0v) is 19.0. The van der Waals surface area contributed by atoms with E-state index in [-0.39, 0.29) is 12.0 Å². The fraction of sp³-hybridized carbons (Fsp3) is 0.269. The smallest absolute Gasteiger partial charge is 0.259 e. The highest BCUT2D eigenvalue weighted by molar-refractivity contribution is 6.06. The summed E-state index contributed by atoms with van der Waals surface area (Å²) in [5.41, 5.74) is 4.23. The maximum Gasteiger partial charge on any atom is 0.259 e. The van der Waals surface area contributed by atoms with Crippen LogP contribution in [0.3, 0.4) is 0 Å². The van der Waals surface area contributed by atoms with Gasteiger partial charge in [-0.2, -0.15) is 0 Å². The molecule has 4 aromatic rings. The standard InChI is InChI=1S/C26H26N4O3/c1-4-30-16-19(32-23-13-9-8-12-22(23)30)15-29(3)26(31)20-14-21(18-10-6-5-7-11-18)27-25-24(20)17(2)28-33-25/h5-14,19H,4,15-16H2,1-3H3. The third-order valence-corrected chi connectivity index (χ3v) is 6.05. The van der Waals surface area contributed by atoms with Crippen LogP contribution in [0.4, 0.5) is 5.69 Å². The summed E-state index contributed by atoms with van der Waals surface area (Å²) < 4.78 is 11.7. The lowest BCUT2D eigenvalue weighted by Crippen LogP contribution is -2.46. The minimum Gasteiger partial charge on any atom is -0.485 e. The number of pyridine rings is 1. The number of aromatic nitrogens is 2. The Balaban J connectivity index is 1.44. The molecule has 1 amide bonds. The first-order chi connectivity index (χ1) is 16.0. The zero-order valence-electron chi connectivity index (χ0n) is 19.0. The lowest BCUT2D eigenvalue weighted by molar-refractivity contribution is 0.0711. The van der Waals surface area contributed by atoms with E-state index in [0.717, 1.165) is 30.1 Å². The number of aryl methyl sites for hydroxylation is 1. The lowest BCUT2D eigenvalue weighted by Gasteiger charge is -2.37. The van der Waals surface area contributed by atoms with Gasteiger partial charge >= 0.3 is 0 Å². The molecule has 168 valence electrons. The normalized spacial score (nSPS) is 15.2. The third kappa shape index (κ3) is 3.91. The molecule has 3 heterocycles. The highest BCUT2D eigenvalue weighted by Crippen LogP contribution is 2.33. The van der Waals surface area contributed by atoms with Crippen LogP contribution in [-0.4, -0.2) is 53.7 Å². The van der Waals surface area contributed by atoms with E-state index in [1.807, 2.05) is 61.5 Å². The Morgan fingerprint density at radius 3 is 2.70 bits per heavy atom. The topological polar surface area (TPSA) is 71.7 Å². The number of ether oxygens (including phenoxy) is 1. The fourth-order valence-electron chi connectivity index (χ4n) is 4.39. The van der Waals surface area contributed by atoms with Crippen molar-refractivity contribution in [2.75, 3.05) is 31.6 Å². The monoisotopic (exact) mass is 442 g/mol. The Morgan fingerprint density at radius 2 is 1.91 bits per heavy atom. The summed E-state index contributed by atoms with van der Waals surface area (Å²) in [5.74, 6) is 0.736. The molecule has 7 heteroatoms. The lowest BCUT2D eigenvalue weighted by atomic mass is 10.0. The van der Waals surface area contributed by atoms with Gasteiger partial charge in [0.1, 0.15) is 11.9 Å². The average Bonchev–Trinajstić information content (AvgIpc) is 3.23. The van der Waals surface area contributed by atoms with Crippen LogP contribution in [0.2, 0.25) is 0 Å². The van der Waals surface area contributed by atoms with Gasteiger partial charge in [-0.15, -0.1) is 0 Å². The molecule has 1 unspecified atom stereocenters. The van der Waals surface area contributed by atoms with Gasteiger partial charge < -0.3 is 19.1 Å². The molecule has 0 N–H and O–H groups in total. The molecule has 7 nitrogen and oxygen atoms in total. The van der Waals surface area contributed by atoms with Crippen LogP contribution in [0.25, 0.3) is 22.4 Å². The van der Waals surface area contributed by atoms with Crippen molar-refractivity contribution < 1.29 is 14.1 Å². The molecule has 0 saturated carbocycles. The first-order valence-corrected chi connectivity index (χ1v) is 11.1. The van der Waals surface area contributed by atoms with Gasteiger partial charge in [0, 0.05) is 19.2 Å². The summed E-state index contributed by atoms with van der Waals surface area (Å²) in [6, 6.07) is 19.6. The van der Waals surface area contributed by atoms with Gasteiger partial charge in [0.25, 0.3) is 11.6 Å². The van der Waals surface area contributed by atoms with Gasteiger partial charge in [-0.25, -0.2) is 4.98 Å². The second-order valence-electron chi connectivity index (χ2n) is 8.30. The highest BCUT2D eigenvalue weighted by Gasteiger charge is 2.28. The number of para-hydroxylation sites is 2. The van der Waals surface area contributed by atoms with E-state index < -0.39 is 0 Å². The molecule has 0 fully saturated rings. The molecule has 0 radical (unpaired) electrons. The average molecular weight is 443 g/mol. The van der Waals surface area contributed by atoms with E-state index >= 15 is 0 Å². The van der Waals surface area contributed by atoms with Crippen molar-refractivity contribution >= 4 is 22.7 Å². The van der Waals surface area contributed by atoms with Gasteiger partial charge in [-0.05, 0) is 32.0 Å². The number of amides is 1. The maximum atomic E-state index is 13.6. The van der Waals surface area contributed by atoms with Gasteiger partial charge in [-0.1, -0.05) is 47.6 Å².